The molecule has 0 aromatic heterocycles. The maximum Gasteiger partial charge on any atom is 0.255 e. The Labute approximate surface area is 181 Å². The van der Waals surface area contributed by atoms with Gasteiger partial charge in [-0.25, -0.2) is 0 Å². The number of carbonyl (C=O) groups excluding carboxylic acids is 2. The van der Waals surface area contributed by atoms with Crippen LogP contribution in [0.5, 0.6) is 0 Å². The quantitative estimate of drug-likeness (QED) is 0.596. The van der Waals surface area contributed by atoms with E-state index in [4.69, 9.17) is 0 Å². The lowest BCUT2D eigenvalue weighted by Gasteiger charge is -2.27. The first-order chi connectivity index (χ1) is 14.6. The van der Waals surface area contributed by atoms with Gasteiger partial charge in [0.15, 0.2) is 0 Å². The van der Waals surface area contributed by atoms with Crippen molar-refractivity contribution in [3.05, 3.63) is 101 Å². The molecule has 1 aliphatic heterocycles. The molecular weight excluding hydrogens is 392 g/mol. The number of benzene rings is 3. The van der Waals surface area contributed by atoms with Gasteiger partial charge in [0.25, 0.3) is 5.91 Å². The van der Waals surface area contributed by atoms with Gasteiger partial charge >= 0.3 is 0 Å². The van der Waals surface area contributed by atoms with Gasteiger partial charge < -0.3 is 10.2 Å². The van der Waals surface area contributed by atoms with Gasteiger partial charge in [0.2, 0.25) is 5.91 Å². The molecule has 0 fully saturated rings. The Balaban J connectivity index is 1.52. The van der Waals surface area contributed by atoms with Gasteiger partial charge in [0.1, 0.15) is 6.04 Å². The Bertz CT molecular complexity index is 1050. The smallest absolute Gasteiger partial charge is 0.255 e. The summed E-state index contributed by atoms with van der Waals surface area (Å²) in [5, 5.41) is 3.04. The summed E-state index contributed by atoms with van der Waals surface area (Å²) < 4.78 is 0. The van der Waals surface area contributed by atoms with Gasteiger partial charge in [-0.15, -0.1) is 0 Å². The molecule has 0 saturated heterocycles. The molecule has 0 unspecified atom stereocenters. The number of hydrogen-bond donors (Lipinski definition) is 1. The number of rotatable bonds is 7. The van der Waals surface area contributed by atoms with Crippen LogP contribution in [0.1, 0.15) is 27.0 Å². The highest BCUT2D eigenvalue weighted by molar-refractivity contribution is 7.98. The Hall–Kier alpha value is -3.05. The van der Waals surface area contributed by atoms with Crippen LogP contribution in [0.2, 0.25) is 0 Å². The van der Waals surface area contributed by atoms with Crippen LogP contribution in [0, 0.1) is 6.92 Å². The van der Waals surface area contributed by atoms with Gasteiger partial charge in [-0.05, 0) is 35.7 Å². The SMILES string of the molecule is Cc1ccccc1NC(=O)[C@H](CSCc1ccccc1)N1Cc2ccccc2C1=O. The summed E-state index contributed by atoms with van der Waals surface area (Å²) in [6.45, 7) is 2.43. The Morgan fingerprint density at radius 3 is 2.47 bits per heavy atom. The minimum absolute atomic E-state index is 0.0733. The van der Waals surface area contributed by atoms with Crippen LogP contribution in [0.25, 0.3) is 0 Å². The fraction of sp³-hybridized carbons (Fsp3) is 0.200. The van der Waals surface area contributed by atoms with E-state index in [2.05, 4.69) is 17.4 Å². The number of thioether (sulfide) groups is 1. The van der Waals surface area contributed by atoms with E-state index in [1.807, 2.05) is 73.7 Å². The highest BCUT2D eigenvalue weighted by Crippen LogP contribution is 2.27. The van der Waals surface area contributed by atoms with E-state index in [1.54, 1.807) is 16.7 Å². The van der Waals surface area contributed by atoms with Crippen molar-refractivity contribution < 1.29 is 9.59 Å². The lowest BCUT2D eigenvalue weighted by atomic mass is 10.1. The molecule has 1 aliphatic rings. The van der Waals surface area contributed by atoms with Crippen molar-refractivity contribution in [2.24, 2.45) is 0 Å². The first-order valence-corrected chi connectivity index (χ1v) is 11.2. The largest absolute Gasteiger partial charge is 0.324 e. The van der Waals surface area contributed by atoms with Crippen molar-refractivity contribution in [3.8, 4) is 0 Å². The van der Waals surface area contributed by atoms with E-state index in [0.717, 1.165) is 22.6 Å². The van der Waals surface area contributed by atoms with Crippen LogP contribution < -0.4 is 5.32 Å². The number of nitrogens with zero attached hydrogens (tertiary/aromatic N) is 1. The molecule has 3 aromatic carbocycles. The third kappa shape index (κ3) is 4.41. The third-order valence-corrected chi connectivity index (χ3v) is 6.41. The lowest BCUT2D eigenvalue weighted by molar-refractivity contribution is -0.119. The highest BCUT2D eigenvalue weighted by Gasteiger charge is 2.36. The van der Waals surface area contributed by atoms with Crippen molar-refractivity contribution >= 4 is 29.3 Å². The predicted octanol–water partition coefficient (Wildman–Crippen LogP) is 4.89. The summed E-state index contributed by atoms with van der Waals surface area (Å²) in [6.07, 6.45) is 0. The first-order valence-electron chi connectivity index (χ1n) is 10.0. The first kappa shape index (κ1) is 20.2. The second-order valence-corrected chi connectivity index (χ2v) is 8.44. The van der Waals surface area contributed by atoms with E-state index < -0.39 is 6.04 Å². The molecule has 3 aromatic rings. The molecule has 30 heavy (non-hydrogen) atoms. The molecule has 152 valence electrons. The molecule has 1 N–H and O–H groups in total. The number of fused-ring (bicyclic) bond motifs is 1. The number of nitrogens with one attached hydrogen (secondary N) is 1. The molecule has 2 amide bonds. The maximum atomic E-state index is 13.3. The second-order valence-electron chi connectivity index (χ2n) is 7.41. The van der Waals surface area contributed by atoms with E-state index in [0.29, 0.717) is 17.9 Å². The van der Waals surface area contributed by atoms with Gasteiger partial charge in [-0.3, -0.25) is 9.59 Å². The second kappa shape index (κ2) is 9.18. The highest BCUT2D eigenvalue weighted by atomic mass is 32.2. The number of carbonyl (C=O) groups is 2. The van der Waals surface area contributed by atoms with E-state index >= 15 is 0 Å². The van der Waals surface area contributed by atoms with Crippen molar-refractivity contribution in [1.29, 1.82) is 0 Å². The molecular formula is C25H24N2O2S. The topological polar surface area (TPSA) is 49.4 Å². The van der Waals surface area contributed by atoms with Crippen LogP contribution in [0.15, 0.2) is 78.9 Å². The fourth-order valence-corrected chi connectivity index (χ4v) is 4.73. The Morgan fingerprint density at radius 2 is 1.70 bits per heavy atom. The van der Waals surface area contributed by atoms with Crippen molar-refractivity contribution in [2.45, 2.75) is 25.3 Å². The van der Waals surface area contributed by atoms with Crippen molar-refractivity contribution in [2.75, 3.05) is 11.1 Å². The van der Waals surface area contributed by atoms with E-state index in [-0.39, 0.29) is 11.8 Å². The molecule has 0 aliphatic carbocycles. The number of aryl methyl sites for hydroxylation is 1. The van der Waals surface area contributed by atoms with E-state index in [9.17, 15) is 9.59 Å². The summed E-state index contributed by atoms with van der Waals surface area (Å²) in [6, 6.07) is 24.9. The zero-order valence-electron chi connectivity index (χ0n) is 16.9. The normalized spacial score (nSPS) is 13.8. The average Bonchev–Trinajstić information content (AvgIpc) is 3.10. The van der Waals surface area contributed by atoms with Gasteiger partial charge in [-0.2, -0.15) is 11.8 Å². The van der Waals surface area contributed by atoms with Crippen molar-refractivity contribution in [3.63, 3.8) is 0 Å². The number of hydrogen-bond acceptors (Lipinski definition) is 3. The number of amides is 2. The summed E-state index contributed by atoms with van der Waals surface area (Å²) in [7, 11) is 0. The summed E-state index contributed by atoms with van der Waals surface area (Å²) >= 11 is 1.67. The molecule has 0 radical (unpaired) electrons. The lowest BCUT2D eigenvalue weighted by Crippen LogP contribution is -2.46. The number of para-hydroxylation sites is 1. The summed E-state index contributed by atoms with van der Waals surface area (Å²) in [5.41, 5.74) is 4.65. The molecule has 5 heteroatoms. The van der Waals surface area contributed by atoms with Crippen LogP contribution in [-0.2, 0) is 17.1 Å². The molecule has 0 saturated carbocycles. The molecule has 0 spiro atoms. The molecule has 1 heterocycles. The molecule has 4 rings (SSSR count). The maximum absolute atomic E-state index is 13.3. The molecule has 1 atom stereocenters. The summed E-state index contributed by atoms with van der Waals surface area (Å²) in [5.74, 6) is 1.11. The van der Waals surface area contributed by atoms with Crippen LogP contribution >= 0.6 is 11.8 Å². The summed E-state index contributed by atoms with van der Waals surface area (Å²) in [4.78, 5) is 28.0. The fourth-order valence-electron chi connectivity index (χ4n) is 3.63. The number of anilines is 1. The van der Waals surface area contributed by atoms with E-state index in [1.165, 1.54) is 5.56 Å². The predicted molar refractivity (Wildman–Crippen MR) is 123 cm³/mol. The van der Waals surface area contributed by atoms with Crippen LogP contribution in [0.4, 0.5) is 5.69 Å². The van der Waals surface area contributed by atoms with Gasteiger partial charge in [0, 0.05) is 29.3 Å². The average molecular weight is 417 g/mol. The minimum Gasteiger partial charge on any atom is -0.324 e. The Morgan fingerprint density at radius 1 is 1.00 bits per heavy atom. The third-order valence-electron chi connectivity index (χ3n) is 5.32. The minimum atomic E-state index is -0.543. The monoisotopic (exact) mass is 416 g/mol. The van der Waals surface area contributed by atoms with Crippen LogP contribution in [0.3, 0.4) is 0 Å². The standard InChI is InChI=1S/C25H24N2O2S/c1-18-9-5-8-14-22(18)26-24(28)23(17-30-16-19-10-3-2-4-11-19)27-15-20-12-6-7-13-21(20)25(27)29/h2-14,23H,15-17H2,1H3,(H,26,28)/t23-/m0/s1. The molecule has 4 nitrogen and oxygen atoms in total. The van der Waals surface area contributed by atoms with Crippen molar-refractivity contribution in [1.82, 2.24) is 4.90 Å². The Kier molecular flexibility index (Phi) is 6.19. The molecule has 0 bridgehead atoms. The van der Waals surface area contributed by atoms with Crippen LogP contribution in [-0.4, -0.2) is 28.5 Å². The van der Waals surface area contributed by atoms with Gasteiger partial charge in [-0.1, -0.05) is 66.7 Å². The van der Waals surface area contributed by atoms with Gasteiger partial charge in [0.05, 0.1) is 0 Å². The zero-order chi connectivity index (χ0) is 20.9. The zero-order valence-corrected chi connectivity index (χ0v) is 17.7.